The molecule has 1 aliphatic heterocycles. The normalized spacial score (nSPS) is 17.0. The first-order valence-corrected chi connectivity index (χ1v) is 6.85. The van der Waals surface area contributed by atoms with Gasteiger partial charge in [0.05, 0.1) is 24.7 Å². The fourth-order valence-corrected chi connectivity index (χ4v) is 2.64. The number of methoxy groups -OCH3 is 2. The second-order valence-electron chi connectivity index (χ2n) is 4.98. The van der Waals surface area contributed by atoms with Gasteiger partial charge in [0, 0.05) is 12.6 Å². The molecule has 1 N–H and O–H groups in total. The maximum Gasteiger partial charge on any atom is 0.326 e. The second kappa shape index (κ2) is 6.51. The highest BCUT2D eigenvalue weighted by Gasteiger charge is 2.35. The lowest BCUT2D eigenvalue weighted by Crippen LogP contribution is -2.40. The molecule has 124 valence electrons. The Morgan fingerprint density at radius 3 is 2.57 bits per heavy atom. The minimum absolute atomic E-state index is 0.0116. The number of rotatable bonds is 5. The molecule has 0 aromatic heterocycles. The minimum Gasteiger partial charge on any atom is -0.493 e. The van der Waals surface area contributed by atoms with E-state index in [-0.39, 0.29) is 23.6 Å². The number of carboxylic acid groups (broad SMARTS) is 1. The van der Waals surface area contributed by atoms with E-state index in [2.05, 4.69) is 0 Å². The molecule has 1 fully saturated rings. The van der Waals surface area contributed by atoms with Crippen LogP contribution in [0.25, 0.3) is 0 Å². The van der Waals surface area contributed by atoms with E-state index in [0.717, 1.165) is 6.07 Å². The van der Waals surface area contributed by atoms with Crippen molar-refractivity contribution in [2.24, 2.45) is 0 Å². The predicted octanol–water partition coefficient (Wildman–Crippen LogP) is 1.30. The Morgan fingerprint density at radius 1 is 1.35 bits per heavy atom. The van der Waals surface area contributed by atoms with Crippen LogP contribution in [0, 0.1) is 10.1 Å². The van der Waals surface area contributed by atoms with Crippen molar-refractivity contribution in [1.82, 2.24) is 4.90 Å². The van der Waals surface area contributed by atoms with Gasteiger partial charge in [-0.2, -0.15) is 0 Å². The summed E-state index contributed by atoms with van der Waals surface area (Å²) in [7, 11) is 2.55. The first-order chi connectivity index (χ1) is 10.9. The number of nitrogens with zero attached hydrogens (tertiary/aromatic N) is 2. The summed E-state index contributed by atoms with van der Waals surface area (Å²) < 4.78 is 10.0. The summed E-state index contributed by atoms with van der Waals surface area (Å²) in [6, 6.07) is 1.46. The van der Waals surface area contributed by atoms with Gasteiger partial charge in [-0.25, -0.2) is 4.79 Å². The van der Waals surface area contributed by atoms with Gasteiger partial charge in [-0.15, -0.1) is 0 Å². The molecule has 0 saturated carbocycles. The van der Waals surface area contributed by atoms with E-state index >= 15 is 0 Å². The monoisotopic (exact) mass is 324 g/mol. The van der Waals surface area contributed by atoms with E-state index in [1.165, 1.54) is 25.2 Å². The third-order valence-electron chi connectivity index (χ3n) is 3.70. The number of amides is 1. The average Bonchev–Trinajstić information content (AvgIpc) is 3.02. The quantitative estimate of drug-likeness (QED) is 0.640. The lowest BCUT2D eigenvalue weighted by Gasteiger charge is -2.21. The van der Waals surface area contributed by atoms with Gasteiger partial charge in [-0.05, 0) is 18.9 Å². The number of carboxylic acids is 1. The SMILES string of the molecule is COc1cc(C(=O)N2CCC[C@H]2C(=O)O)cc([N+](=O)[O-])c1OC. The Bertz CT molecular complexity index is 659. The number of aliphatic carboxylic acids is 1. The standard InChI is InChI=1S/C14H16N2O7/c1-22-11-7-8(6-10(16(20)21)12(11)23-2)13(17)15-5-3-4-9(15)14(18)19/h6-7,9H,3-5H2,1-2H3,(H,18,19)/t9-/m0/s1. The number of likely N-dealkylation sites (tertiary alicyclic amines) is 1. The van der Waals surface area contributed by atoms with Crippen molar-refractivity contribution >= 4 is 17.6 Å². The molecule has 0 bridgehead atoms. The third-order valence-corrected chi connectivity index (χ3v) is 3.70. The molecule has 0 unspecified atom stereocenters. The molecule has 0 spiro atoms. The molecule has 1 amide bonds. The number of benzene rings is 1. The van der Waals surface area contributed by atoms with Crippen LogP contribution in [0.5, 0.6) is 11.5 Å². The van der Waals surface area contributed by atoms with Crippen LogP contribution in [0.4, 0.5) is 5.69 Å². The topological polar surface area (TPSA) is 119 Å². The zero-order chi connectivity index (χ0) is 17.1. The van der Waals surface area contributed by atoms with Gasteiger partial charge in [0.1, 0.15) is 6.04 Å². The van der Waals surface area contributed by atoms with Crippen LogP contribution >= 0.6 is 0 Å². The molecule has 2 rings (SSSR count). The number of ether oxygens (including phenoxy) is 2. The Balaban J connectivity index is 2.46. The Kier molecular flexibility index (Phi) is 4.68. The maximum absolute atomic E-state index is 12.5. The molecule has 0 radical (unpaired) electrons. The lowest BCUT2D eigenvalue weighted by atomic mass is 10.1. The number of hydrogen-bond donors (Lipinski definition) is 1. The summed E-state index contributed by atoms with van der Waals surface area (Å²) in [6.45, 7) is 0.290. The van der Waals surface area contributed by atoms with Crippen LogP contribution in [0.1, 0.15) is 23.2 Å². The molecule has 1 saturated heterocycles. The summed E-state index contributed by atoms with van der Waals surface area (Å²) in [5.74, 6) is -1.73. The van der Waals surface area contributed by atoms with Gasteiger partial charge in [0.2, 0.25) is 5.75 Å². The minimum atomic E-state index is -1.09. The van der Waals surface area contributed by atoms with Crippen molar-refractivity contribution in [2.75, 3.05) is 20.8 Å². The summed E-state index contributed by atoms with van der Waals surface area (Å²) in [5.41, 5.74) is -0.427. The zero-order valence-corrected chi connectivity index (χ0v) is 12.6. The molecule has 1 atom stereocenters. The smallest absolute Gasteiger partial charge is 0.326 e. The fraction of sp³-hybridized carbons (Fsp3) is 0.429. The van der Waals surface area contributed by atoms with Crippen LogP contribution in [-0.4, -0.2) is 53.6 Å². The van der Waals surface area contributed by atoms with Gasteiger partial charge < -0.3 is 19.5 Å². The van der Waals surface area contributed by atoms with Gasteiger partial charge in [-0.3, -0.25) is 14.9 Å². The van der Waals surface area contributed by atoms with E-state index in [0.29, 0.717) is 12.8 Å². The van der Waals surface area contributed by atoms with E-state index in [1.807, 2.05) is 0 Å². The zero-order valence-electron chi connectivity index (χ0n) is 12.6. The highest BCUT2D eigenvalue weighted by atomic mass is 16.6. The van der Waals surface area contributed by atoms with E-state index in [9.17, 15) is 19.7 Å². The molecule has 1 aromatic carbocycles. The second-order valence-corrected chi connectivity index (χ2v) is 4.98. The lowest BCUT2D eigenvalue weighted by molar-refractivity contribution is -0.385. The highest BCUT2D eigenvalue weighted by molar-refractivity contribution is 5.98. The Morgan fingerprint density at radius 2 is 2.04 bits per heavy atom. The molecule has 1 aliphatic rings. The van der Waals surface area contributed by atoms with Crippen molar-refractivity contribution in [2.45, 2.75) is 18.9 Å². The molecule has 9 nitrogen and oxygen atoms in total. The van der Waals surface area contributed by atoms with Crippen molar-refractivity contribution in [3.8, 4) is 11.5 Å². The summed E-state index contributed by atoms with van der Waals surface area (Å²) in [5, 5.41) is 20.3. The first kappa shape index (κ1) is 16.5. The Hall–Kier alpha value is -2.84. The number of carbonyl (C=O) groups is 2. The largest absolute Gasteiger partial charge is 0.493 e. The van der Waals surface area contributed by atoms with Gasteiger partial charge in [0.25, 0.3) is 5.91 Å². The maximum atomic E-state index is 12.5. The number of nitro groups is 1. The van der Waals surface area contributed by atoms with Crippen LogP contribution in [0.15, 0.2) is 12.1 Å². The van der Waals surface area contributed by atoms with Crippen molar-refractivity contribution in [3.05, 3.63) is 27.8 Å². The number of nitro benzene ring substituents is 1. The first-order valence-electron chi connectivity index (χ1n) is 6.85. The van der Waals surface area contributed by atoms with Crippen molar-refractivity contribution in [3.63, 3.8) is 0 Å². The van der Waals surface area contributed by atoms with E-state index in [1.54, 1.807) is 0 Å². The van der Waals surface area contributed by atoms with Crippen molar-refractivity contribution in [1.29, 1.82) is 0 Å². The number of hydrogen-bond acceptors (Lipinski definition) is 6. The van der Waals surface area contributed by atoms with Crippen molar-refractivity contribution < 1.29 is 29.1 Å². The molecule has 1 aromatic rings. The molecule has 1 heterocycles. The highest BCUT2D eigenvalue weighted by Crippen LogP contribution is 2.38. The van der Waals surface area contributed by atoms with Gasteiger partial charge >= 0.3 is 11.7 Å². The molecule has 23 heavy (non-hydrogen) atoms. The molecular weight excluding hydrogens is 308 g/mol. The number of carbonyl (C=O) groups excluding carboxylic acids is 1. The van der Waals surface area contributed by atoms with E-state index < -0.39 is 28.5 Å². The van der Waals surface area contributed by atoms with Crippen LogP contribution in [0.2, 0.25) is 0 Å². The molecular formula is C14H16N2O7. The Labute approximate surface area is 131 Å². The van der Waals surface area contributed by atoms with Crippen LogP contribution < -0.4 is 9.47 Å². The fourth-order valence-electron chi connectivity index (χ4n) is 2.64. The van der Waals surface area contributed by atoms with Crippen LogP contribution in [-0.2, 0) is 4.79 Å². The molecule has 9 heteroatoms. The summed E-state index contributed by atoms with van der Waals surface area (Å²) >= 11 is 0. The summed E-state index contributed by atoms with van der Waals surface area (Å²) in [4.78, 5) is 35.4. The predicted molar refractivity (Wildman–Crippen MR) is 77.9 cm³/mol. The third kappa shape index (κ3) is 3.03. The van der Waals surface area contributed by atoms with Gasteiger partial charge in [0.15, 0.2) is 5.75 Å². The van der Waals surface area contributed by atoms with Crippen LogP contribution in [0.3, 0.4) is 0 Å². The molecule has 0 aliphatic carbocycles. The van der Waals surface area contributed by atoms with E-state index in [4.69, 9.17) is 14.6 Å². The average molecular weight is 324 g/mol. The summed E-state index contributed by atoms with van der Waals surface area (Å²) in [6.07, 6.45) is 0.925. The van der Waals surface area contributed by atoms with Gasteiger partial charge in [-0.1, -0.05) is 0 Å².